The van der Waals surface area contributed by atoms with E-state index < -0.39 is 5.97 Å². The van der Waals surface area contributed by atoms with Crippen LogP contribution in [0.2, 0.25) is 0 Å². The first-order valence-corrected chi connectivity index (χ1v) is 7.13. The SMILES string of the molecule is CCCn1cc(CN2CCC(CC(=O)O)CC2)cn1. The highest BCUT2D eigenvalue weighted by molar-refractivity contribution is 5.67. The Labute approximate surface area is 114 Å². The van der Waals surface area contributed by atoms with Gasteiger partial charge < -0.3 is 5.11 Å². The fourth-order valence-corrected chi connectivity index (χ4v) is 2.69. The van der Waals surface area contributed by atoms with Gasteiger partial charge in [-0.1, -0.05) is 6.92 Å². The predicted molar refractivity (Wildman–Crippen MR) is 72.8 cm³/mol. The molecule has 0 saturated carbocycles. The van der Waals surface area contributed by atoms with Gasteiger partial charge in [0, 0.05) is 31.3 Å². The molecule has 5 heteroatoms. The van der Waals surface area contributed by atoms with E-state index in [2.05, 4.69) is 23.1 Å². The molecule has 106 valence electrons. The molecule has 0 amide bonds. The molecule has 0 aromatic carbocycles. The molecule has 1 aromatic rings. The number of aromatic nitrogens is 2. The third kappa shape index (κ3) is 4.35. The van der Waals surface area contributed by atoms with Gasteiger partial charge in [-0.15, -0.1) is 0 Å². The summed E-state index contributed by atoms with van der Waals surface area (Å²) in [6.07, 6.45) is 7.47. The molecule has 0 aliphatic carbocycles. The first-order chi connectivity index (χ1) is 9.17. The van der Waals surface area contributed by atoms with Crippen molar-refractivity contribution in [3.05, 3.63) is 18.0 Å². The van der Waals surface area contributed by atoms with Crippen molar-refractivity contribution in [3.8, 4) is 0 Å². The Hall–Kier alpha value is -1.36. The molecule has 0 radical (unpaired) electrons. The van der Waals surface area contributed by atoms with Crippen molar-refractivity contribution in [3.63, 3.8) is 0 Å². The number of piperidine rings is 1. The maximum atomic E-state index is 10.7. The van der Waals surface area contributed by atoms with Gasteiger partial charge in [-0.3, -0.25) is 14.4 Å². The largest absolute Gasteiger partial charge is 0.481 e. The smallest absolute Gasteiger partial charge is 0.303 e. The summed E-state index contributed by atoms with van der Waals surface area (Å²) >= 11 is 0. The number of hydrogen-bond donors (Lipinski definition) is 1. The van der Waals surface area contributed by atoms with Crippen LogP contribution in [0.3, 0.4) is 0 Å². The van der Waals surface area contributed by atoms with Crippen molar-refractivity contribution in [2.45, 2.75) is 45.7 Å². The molecule has 2 heterocycles. The number of aliphatic carboxylic acids is 1. The number of carboxylic acids is 1. The van der Waals surface area contributed by atoms with Crippen molar-refractivity contribution < 1.29 is 9.90 Å². The van der Waals surface area contributed by atoms with Crippen LogP contribution in [0.1, 0.15) is 38.2 Å². The maximum absolute atomic E-state index is 10.7. The van der Waals surface area contributed by atoms with Gasteiger partial charge in [0.2, 0.25) is 0 Å². The average Bonchev–Trinajstić information content (AvgIpc) is 2.79. The number of rotatable bonds is 6. The normalized spacial score (nSPS) is 17.7. The molecular formula is C14H23N3O2. The Morgan fingerprint density at radius 3 is 2.84 bits per heavy atom. The lowest BCUT2D eigenvalue weighted by atomic mass is 9.93. The average molecular weight is 265 g/mol. The minimum Gasteiger partial charge on any atom is -0.481 e. The van der Waals surface area contributed by atoms with E-state index in [1.165, 1.54) is 5.56 Å². The second-order valence-corrected chi connectivity index (χ2v) is 5.43. The van der Waals surface area contributed by atoms with E-state index in [1.807, 2.05) is 10.9 Å². The van der Waals surface area contributed by atoms with Gasteiger partial charge in [0.25, 0.3) is 0 Å². The van der Waals surface area contributed by atoms with Gasteiger partial charge in [-0.2, -0.15) is 5.10 Å². The highest BCUT2D eigenvalue weighted by atomic mass is 16.4. The molecule has 0 atom stereocenters. The lowest BCUT2D eigenvalue weighted by Gasteiger charge is -2.30. The molecule has 1 saturated heterocycles. The van der Waals surface area contributed by atoms with Crippen LogP contribution in [-0.4, -0.2) is 38.8 Å². The standard InChI is InChI=1S/C14H23N3O2/c1-2-5-17-11-13(9-15-17)10-16-6-3-12(4-7-16)8-14(18)19/h9,11-12H,2-8,10H2,1H3,(H,18,19). The number of aryl methyl sites for hydroxylation is 1. The topological polar surface area (TPSA) is 58.4 Å². The third-order valence-corrected chi connectivity index (χ3v) is 3.72. The Morgan fingerprint density at radius 2 is 2.21 bits per heavy atom. The van der Waals surface area contributed by atoms with Crippen LogP contribution in [0.25, 0.3) is 0 Å². The van der Waals surface area contributed by atoms with Gasteiger partial charge in [0.1, 0.15) is 0 Å². The molecule has 2 rings (SSSR count). The molecule has 19 heavy (non-hydrogen) atoms. The van der Waals surface area contributed by atoms with E-state index in [1.54, 1.807) is 0 Å². The number of hydrogen-bond acceptors (Lipinski definition) is 3. The van der Waals surface area contributed by atoms with Crippen molar-refractivity contribution in [2.24, 2.45) is 5.92 Å². The molecule has 1 aromatic heterocycles. The second-order valence-electron chi connectivity index (χ2n) is 5.43. The van der Waals surface area contributed by atoms with Crippen LogP contribution in [0, 0.1) is 5.92 Å². The maximum Gasteiger partial charge on any atom is 0.303 e. The second kappa shape index (κ2) is 6.70. The minimum atomic E-state index is -0.667. The number of likely N-dealkylation sites (tertiary alicyclic amines) is 1. The highest BCUT2D eigenvalue weighted by Gasteiger charge is 2.21. The van der Waals surface area contributed by atoms with Crippen LogP contribution in [0.15, 0.2) is 12.4 Å². The molecular weight excluding hydrogens is 242 g/mol. The molecule has 0 spiro atoms. The molecule has 1 aliphatic rings. The number of nitrogens with zero attached hydrogens (tertiary/aromatic N) is 3. The summed E-state index contributed by atoms with van der Waals surface area (Å²) in [5, 5.41) is 13.1. The molecule has 1 fully saturated rings. The Balaban J connectivity index is 1.76. The summed E-state index contributed by atoms with van der Waals surface area (Å²) in [6, 6.07) is 0. The van der Waals surface area contributed by atoms with E-state index >= 15 is 0 Å². The van der Waals surface area contributed by atoms with Crippen LogP contribution in [0.4, 0.5) is 0 Å². The molecule has 0 unspecified atom stereocenters. The van der Waals surface area contributed by atoms with Crippen molar-refractivity contribution in [2.75, 3.05) is 13.1 Å². The van der Waals surface area contributed by atoms with Crippen LogP contribution in [0.5, 0.6) is 0 Å². The first kappa shape index (κ1) is 14.1. The Morgan fingerprint density at radius 1 is 1.47 bits per heavy atom. The Kier molecular flexibility index (Phi) is 4.96. The molecule has 5 nitrogen and oxygen atoms in total. The van der Waals surface area contributed by atoms with Crippen molar-refractivity contribution in [1.82, 2.24) is 14.7 Å². The minimum absolute atomic E-state index is 0.322. The summed E-state index contributed by atoms with van der Waals surface area (Å²) < 4.78 is 1.99. The van der Waals surface area contributed by atoms with Gasteiger partial charge in [-0.25, -0.2) is 0 Å². The summed E-state index contributed by atoms with van der Waals surface area (Å²) in [5.41, 5.74) is 1.25. The van der Waals surface area contributed by atoms with Gasteiger partial charge >= 0.3 is 5.97 Å². The van der Waals surface area contributed by atoms with E-state index in [0.29, 0.717) is 12.3 Å². The third-order valence-electron chi connectivity index (χ3n) is 3.72. The van der Waals surface area contributed by atoms with E-state index in [4.69, 9.17) is 5.11 Å². The fraction of sp³-hybridized carbons (Fsp3) is 0.714. The van der Waals surface area contributed by atoms with Gasteiger partial charge in [0.05, 0.1) is 6.20 Å². The summed E-state index contributed by atoms with van der Waals surface area (Å²) in [5.74, 6) is -0.309. The predicted octanol–water partition coefficient (Wildman–Crippen LogP) is 1.98. The molecule has 1 N–H and O–H groups in total. The zero-order chi connectivity index (χ0) is 13.7. The van der Waals surface area contributed by atoms with E-state index in [0.717, 1.165) is 45.4 Å². The van der Waals surface area contributed by atoms with E-state index in [9.17, 15) is 4.79 Å². The lowest BCUT2D eigenvalue weighted by molar-refractivity contribution is -0.138. The summed E-state index contributed by atoms with van der Waals surface area (Å²) in [7, 11) is 0. The van der Waals surface area contributed by atoms with E-state index in [-0.39, 0.29) is 0 Å². The number of carbonyl (C=O) groups is 1. The summed E-state index contributed by atoms with van der Waals surface area (Å²) in [6.45, 7) is 6.05. The zero-order valence-electron chi connectivity index (χ0n) is 11.6. The van der Waals surface area contributed by atoms with Gasteiger partial charge in [-0.05, 0) is 38.3 Å². The van der Waals surface area contributed by atoms with Crippen molar-refractivity contribution >= 4 is 5.97 Å². The molecule has 1 aliphatic heterocycles. The van der Waals surface area contributed by atoms with Crippen LogP contribution in [-0.2, 0) is 17.9 Å². The summed E-state index contributed by atoms with van der Waals surface area (Å²) in [4.78, 5) is 13.1. The Bertz CT molecular complexity index is 409. The van der Waals surface area contributed by atoms with Crippen LogP contribution >= 0.6 is 0 Å². The molecule has 0 bridgehead atoms. The fourth-order valence-electron chi connectivity index (χ4n) is 2.69. The van der Waals surface area contributed by atoms with Crippen molar-refractivity contribution in [1.29, 1.82) is 0 Å². The quantitative estimate of drug-likeness (QED) is 0.854. The zero-order valence-corrected chi connectivity index (χ0v) is 11.6. The first-order valence-electron chi connectivity index (χ1n) is 7.13. The monoisotopic (exact) mass is 265 g/mol. The van der Waals surface area contributed by atoms with Gasteiger partial charge in [0.15, 0.2) is 0 Å². The van der Waals surface area contributed by atoms with Crippen LogP contribution < -0.4 is 0 Å². The highest BCUT2D eigenvalue weighted by Crippen LogP contribution is 2.21. The lowest BCUT2D eigenvalue weighted by Crippen LogP contribution is -2.33. The number of carboxylic acid groups (broad SMARTS) is 1.